The zero-order valence-corrected chi connectivity index (χ0v) is 14.1. The minimum Gasteiger partial charge on any atom is -0.355 e. The molecule has 1 aromatic carbocycles. The van der Waals surface area contributed by atoms with Gasteiger partial charge in [0.15, 0.2) is 0 Å². The first-order valence-electron chi connectivity index (χ1n) is 8.36. The van der Waals surface area contributed by atoms with Crippen LogP contribution in [0.5, 0.6) is 0 Å². The van der Waals surface area contributed by atoms with Gasteiger partial charge in [-0.1, -0.05) is 30.3 Å². The molecule has 1 amide bonds. The number of likely N-dealkylation sites (tertiary alicyclic amines) is 1. The molecule has 1 unspecified atom stereocenters. The summed E-state index contributed by atoms with van der Waals surface area (Å²) in [6.45, 7) is 3.68. The third-order valence-electron chi connectivity index (χ3n) is 5.21. The summed E-state index contributed by atoms with van der Waals surface area (Å²) in [4.78, 5) is 15.0. The summed E-state index contributed by atoms with van der Waals surface area (Å²) in [6, 6.07) is 11.1. The predicted octanol–water partition coefficient (Wildman–Crippen LogP) is 3.57. The third kappa shape index (κ3) is 4.09. The molecule has 2 aliphatic heterocycles. The van der Waals surface area contributed by atoms with E-state index >= 15 is 0 Å². The van der Waals surface area contributed by atoms with Gasteiger partial charge in [0.05, 0.1) is 5.41 Å². The van der Waals surface area contributed by atoms with Crippen LogP contribution in [0.15, 0.2) is 30.3 Å². The Kier molecular flexibility index (Phi) is 6.27. The molecule has 1 aromatic rings. The number of piperidine rings is 1. The summed E-state index contributed by atoms with van der Waals surface area (Å²) >= 11 is 0. The zero-order valence-electron chi connectivity index (χ0n) is 14.1. The highest BCUT2D eigenvalue weighted by molar-refractivity contribution is 5.86. The van der Waals surface area contributed by atoms with E-state index in [0.29, 0.717) is 12.0 Å². The number of alkyl halides is 3. The minimum atomic E-state index is -3.67. The van der Waals surface area contributed by atoms with E-state index in [1.54, 1.807) is 0 Å². The van der Waals surface area contributed by atoms with Crippen LogP contribution in [0, 0.1) is 5.41 Å². The Morgan fingerprint density at radius 3 is 2.17 bits per heavy atom. The van der Waals surface area contributed by atoms with Gasteiger partial charge in [0.25, 0.3) is 0 Å². The van der Waals surface area contributed by atoms with Crippen LogP contribution in [0.2, 0.25) is 0 Å². The minimum absolute atomic E-state index is 0.174. The van der Waals surface area contributed by atoms with Crippen LogP contribution in [0.1, 0.15) is 38.2 Å². The Bertz CT molecular complexity index is 526. The van der Waals surface area contributed by atoms with Crippen molar-refractivity contribution in [3.63, 3.8) is 0 Å². The average Bonchev–Trinajstić information content (AvgIpc) is 2.85. The van der Waals surface area contributed by atoms with Crippen LogP contribution < -0.4 is 5.32 Å². The fraction of sp³-hybridized carbons (Fsp3) is 0.611. The molecule has 134 valence electrons. The fourth-order valence-electron chi connectivity index (χ4n) is 3.86. The summed E-state index contributed by atoms with van der Waals surface area (Å²) in [5, 5.41) is 3.12. The molecule has 2 aliphatic rings. The van der Waals surface area contributed by atoms with Gasteiger partial charge in [-0.05, 0) is 45.3 Å². The summed E-state index contributed by atoms with van der Waals surface area (Å²) in [6.07, 6.45) is 1.97. The number of nitrogens with one attached hydrogen (secondary N) is 1. The maximum Gasteiger partial charge on any atom is 0.379 e. The quantitative estimate of drug-likeness (QED) is 0.891. The average molecular weight is 342 g/mol. The van der Waals surface area contributed by atoms with E-state index in [9.17, 15) is 18.0 Å². The lowest BCUT2D eigenvalue weighted by Crippen LogP contribution is -2.47. The molecule has 24 heavy (non-hydrogen) atoms. The second-order valence-corrected chi connectivity index (χ2v) is 6.71. The van der Waals surface area contributed by atoms with Crippen molar-refractivity contribution in [1.82, 2.24) is 10.2 Å². The van der Waals surface area contributed by atoms with Crippen molar-refractivity contribution < 1.29 is 18.0 Å². The highest BCUT2D eigenvalue weighted by Gasteiger charge is 2.51. The topological polar surface area (TPSA) is 32.3 Å². The van der Waals surface area contributed by atoms with Gasteiger partial charge in [0.2, 0.25) is 5.91 Å². The first kappa shape index (κ1) is 18.8. The first-order chi connectivity index (χ1) is 11.4. The Morgan fingerprint density at radius 2 is 1.67 bits per heavy atom. The second-order valence-electron chi connectivity index (χ2n) is 6.71. The zero-order chi connectivity index (χ0) is 17.7. The van der Waals surface area contributed by atoms with Crippen LogP contribution in [0.3, 0.4) is 0 Å². The number of amides is 1. The fourth-order valence-corrected chi connectivity index (χ4v) is 3.86. The van der Waals surface area contributed by atoms with Crippen molar-refractivity contribution in [3.05, 3.63) is 35.9 Å². The van der Waals surface area contributed by atoms with E-state index < -0.39 is 6.68 Å². The summed E-state index contributed by atoms with van der Waals surface area (Å²) in [5.74, 6) is 0.611. The van der Waals surface area contributed by atoms with E-state index in [4.69, 9.17) is 0 Å². The Hall–Kier alpha value is -1.56. The van der Waals surface area contributed by atoms with Crippen molar-refractivity contribution in [1.29, 1.82) is 0 Å². The molecule has 0 bridgehead atoms. The molecule has 1 N–H and O–H groups in total. The predicted molar refractivity (Wildman–Crippen MR) is 87.7 cm³/mol. The van der Waals surface area contributed by atoms with E-state index in [-0.39, 0.29) is 11.3 Å². The number of rotatable bonds is 2. The highest BCUT2D eigenvalue weighted by Crippen LogP contribution is 2.47. The molecular weight excluding hydrogens is 317 g/mol. The van der Waals surface area contributed by atoms with Gasteiger partial charge >= 0.3 is 6.68 Å². The van der Waals surface area contributed by atoms with Crippen LogP contribution in [-0.4, -0.2) is 43.2 Å². The van der Waals surface area contributed by atoms with Crippen LogP contribution in [0.25, 0.3) is 0 Å². The van der Waals surface area contributed by atoms with Crippen LogP contribution >= 0.6 is 0 Å². The Morgan fingerprint density at radius 1 is 1.12 bits per heavy atom. The number of halogens is 3. The molecule has 3 nitrogen and oxygen atoms in total. The Labute approximate surface area is 141 Å². The van der Waals surface area contributed by atoms with Crippen molar-refractivity contribution >= 4 is 5.91 Å². The van der Waals surface area contributed by atoms with Gasteiger partial charge in [-0.15, -0.1) is 0 Å². The lowest BCUT2D eigenvalue weighted by atomic mass is 9.68. The largest absolute Gasteiger partial charge is 0.379 e. The first-order valence-corrected chi connectivity index (χ1v) is 8.36. The highest BCUT2D eigenvalue weighted by atomic mass is 19.4. The van der Waals surface area contributed by atoms with Crippen molar-refractivity contribution in [2.24, 2.45) is 5.41 Å². The summed E-state index contributed by atoms with van der Waals surface area (Å²) < 4.78 is 29.0. The third-order valence-corrected chi connectivity index (χ3v) is 5.21. The molecule has 2 saturated heterocycles. The number of carbonyl (C=O) groups is 1. The van der Waals surface area contributed by atoms with E-state index in [0.717, 1.165) is 32.5 Å². The molecule has 3 rings (SSSR count). The normalized spacial score (nSPS) is 23.3. The molecule has 0 radical (unpaired) electrons. The number of hydrogen-bond donors (Lipinski definition) is 1. The van der Waals surface area contributed by atoms with Crippen LogP contribution in [0.4, 0.5) is 13.2 Å². The van der Waals surface area contributed by atoms with Crippen molar-refractivity contribution in [2.45, 2.75) is 45.3 Å². The van der Waals surface area contributed by atoms with Gasteiger partial charge < -0.3 is 10.2 Å². The summed E-state index contributed by atoms with van der Waals surface area (Å²) in [5.41, 5.74) is 1.14. The molecule has 0 saturated carbocycles. The number of nitrogens with zero attached hydrogens (tertiary/aromatic N) is 1. The maximum atomic E-state index is 12.5. The molecule has 2 fully saturated rings. The number of hydrogen-bond acceptors (Lipinski definition) is 2. The lowest BCUT2D eigenvalue weighted by Gasteiger charge is -2.42. The van der Waals surface area contributed by atoms with E-state index in [1.807, 2.05) is 6.07 Å². The molecule has 2 heterocycles. The smallest absolute Gasteiger partial charge is 0.355 e. The molecule has 0 aromatic heterocycles. The Balaban J connectivity index is 0.000000471. The SMILES string of the molecule is CC(C)N1CCC2(CC1)C(=O)NCC2c1ccccc1.FC(F)F. The van der Waals surface area contributed by atoms with Crippen molar-refractivity contribution in [2.75, 3.05) is 19.6 Å². The molecule has 6 heteroatoms. The molecule has 1 spiro atoms. The summed E-state index contributed by atoms with van der Waals surface area (Å²) in [7, 11) is 0. The van der Waals surface area contributed by atoms with Gasteiger partial charge in [0, 0.05) is 18.5 Å². The molecular formula is C18H25F3N2O. The van der Waals surface area contributed by atoms with Gasteiger partial charge in [-0.3, -0.25) is 4.79 Å². The van der Waals surface area contributed by atoms with Crippen LogP contribution in [-0.2, 0) is 4.79 Å². The van der Waals surface area contributed by atoms with Gasteiger partial charge in [-0.2, -0.15) is 13.2 Å². The monoisotopic (exact) mass is 342 g/mol. The number of benzene rings is 1. The van der Waals surface area contributed by atoms with Gasteiger partial charge in [0.1, 0.15) is 0 Å². The molecule has 1 atom stereocenters. The van der Waals surface area contributed by atoms with Crippen molar-refractivity contribution in [3.8, 4) is 0 Å². The van der Waals surface area contributed by atoms with E-state index in [1.165, 1.54) is 5.56 Å². The lowest BCUT2D eigenvalue weighted by molar-refractivity contribution is -0.131. The molecule has 0 aliphatic carbocycles. The maximum absolute atomic E-state index is 12.5. The van der Waals surface area contributed by atoms with E-state index in [2.05, 4.69) is 48.3 Å². The number of carbonyl (C=O) groups excluding carboxylic acids is 1. The van der Waals surface area contributed by atoms with Gasteiger partial charge in [-0.25, -0.2) is 0 Å². The second kappa shape index (κ2) is 8.01. The standard InChI is InChI=1S/C17H24N2O.CHF3/c1-13(2)19-10-8-17(9-11-19)15(12-18-16(17)20)14-6-4-3-5-7-14;2-1(3)4/h3-7,13,15H,8-12H2,1-2H3,(H,18,20);1H.